The maximum Gasteiger partial charge on any atom is 0.262 e. The molecule has 0 heterocycles. The van der Waals surface area contributed by atoms with Gasteiger partial charge in [0.2, 0.25) is 0 Å². The fraction of sp³-hybridized carbons (Fsp3) is 0.0769. The van der Waals surface area contributed by atoms with Crippen LogP contribution in [0.15, 0.2) is 35.2 Å². The maximum atomic E-state index is 12.4. The molecule has 0 radical (unpaired) electrons. The van der Waals surface area contributed by atoms with E-state index < -0.39 is 10.0 Å². The summed E-state index contributed by atoms with van der Waals surface area (Å²) in [5.74, 6) is 0. The highest BCUT2D eigenvalue weighted by atomic mass is 35.5. The van der Waals surface area contributed by atoms with Crippen molar-refractivity contribution in [3.05, 3.63) is 51.0 Å². The molecular weight excluding hydrogens is 355 g/mol. The minimum Gasteiger partial charge on any atom is -0.397 e. The third-order valence-electron chi connectivity index (χ3n) is 2.78. The van der Waals surface area contributed by atoms with E-state index in [4.69, 9.17) is 40.5 Å². The first-order valence-corrected chi connectivity index (χ1v) is 8.36. The van der Waals surface area contributed by atoms with Gasteiger partial charge in [0.05, 0.1) is 31.3 Å². The average Bonchev–Trinajstić information content (AvgIpc) is 2.39. The molecule has 2 aromatic rings. The van der Waals surface area contributed by atoms with Gasteiger partial charge in [0.1, 0.15) is 0 Å². The number of sulfonamides is 1. The second kappa shape index (κ2) is 5.93. The minimum atomic E-state index is -3.85. The van der Waals surface area contributed by atoms with E-state index in [1.54, 1.807) is 19.1 Å². The number of hydrogen-bond donors (Lipinski definition) is 2. The third kappa shape index (κ3) is 3.37. The van der Waals surface area contributed by atoms with Crippen molar-refractivity contribution in [2.75, 3.05) is 10.5 Å². The number of hydrogen-bond acceptors (Lipinski definition) is 3. The number of anilines is 2. The molecule has 2 aromatic carbocycles. The van der Waals surface area contributed by atoms with Gasteiger partial charge in [-0.15, -0.1) is 0 Å². The van der Waals surface area contributed by atoms with E-state index >= 15 is 0 Å². The molecule has 8 heteroatoms. The summed E-state index contributed by atoms with van der Waals surface area (Å²) in [5.41, 5.74) is 6.51. The van der Waals surface area contributed by atoms with Gasteiger partial charge in [-0.3, -0.25) is 4.72 Å². The Labute approximate surface area is 137 Å². The Morgan fingerprint density at radius 3 is 2.43 bits per heavy atom. The zero-order valence-electron chi connectivity index (χ0n) is 10.8. The van der Waals surface area contributed by atoms with Gasteiger partial charge in [-0.05, 0) is 36.8 Å². The van der Waals surface area contributed by atoms with Crippen molar-refractivity contribution < 1.29 is 8.42 Å². The molecule has 0 fully saturated rings. The van der Waals surface area contributed by atoms with E-state index in [-0.39, 0.29) is 26.3 Å². The van der Waals surface area contributed by atoms with Crippen molar-refractivity contribution in [3.63, 3.8) is 0 Å². The molecule has 2 rings (SSSR count). The highest BCUT2D eigenvalue weighted by molar-refractivity contribution is 7.92. The second-order valence-electron chi connectivity index (χ2n) is 4.35. The van der Waals surface area contributed by atoms with Crippen LogP contribution in [0.1, 0.15) is 5.56 Å². The highest BCUT2D eigenvalue weighted by Gasteiger charge is 2.20. The molecule has 0 saturated carbocycles. The van der Waals surface area contributed by atoms with Crippen LogP contribution in [0.5, 0.6) is 0 Å². The molecule has 0 aliphatic heterocycles. The summed E-state index contributed by atoms with van der Waals surface area (Å²) in [6, 6.07) is 7.46. The van der Waals surface area contributed by atoms with Crippen molar-refractivity contribution in [1.82, 2.24) is 0 Å². The Hall–Kier alpha value is -1.14. The van der Waals surface area contributed by atoms with Crippen LogP contribution in [0.2, 0.25) is 15.1 Å². The van der Waals surface area contributed by atoms with Gasteiger partial charge in [0, 0.05) is 0 Å². The highest BCUT2D eigenvalue weighted by Crippen LogP contribution is 2.32. The van der Waals surface area contributed by atoms with Gasteiger partial charge >= 0.3 is 0 Å². The number of rotatable bonds is 3. The number of halogens is 3. The topological polar surface area (TPSA) is 72.2 Å². The van der Waals surface area contributed by atoms with Crippen molar-refractivity contribution in [2.24, 2.45) is 0 Å². The quantitative estimate of drug-likeness (QED) is 0.795. The summed E-state index contributed by atoms with van der Waals surface area (Å²) in [5, 5.41) is 0.679. The van der Waals surface area contributed by atoms with Gasteiger partial charge < -0.3 is 5.73 Å². The summed E-state index contributed by atoms with van der Waals surface area (Å²) < 4.78 is 27.3. The third-order valence-corrected chi connectivity index (χ3v) is 5.43. The van der Waals surface area contributed by atoms with E-state index in [1.807, 2.05) is 0 Å². The summed E-state index contributed by atoms with van der Waals surface area (Å²) in [4.78, 5) is 0.0282. The van der Waals surface area contributed by atoms with Crippen LogP contribution >= 0.6 is 34.8 Å². The summed E-state index contributed by atoms with van der Waals surface area (Å²) in [6.45, 7) is 1.62. The lowest BCUT2D eigenvalue weighted by Crippen LogP contribution is -2.15. The van der Waals surface area contributed by atoms with Crippen LogP contribution < -0.4 is 10.5 Å². The largest absolute Gasteiger partial charge is 0.397 e. The molecule has 0 unspecified atom stereocenters. The fourth-order valence-electron chi connectivity index (χ4n) is 1.74. The Balaban J connectivity index is 2.48. The van der Waals surface area contributed by atoms with Gasteiger partial charge in [0.15, 0.2) is 0 Å². The van der Waals surface area contributed by atoms with Gasteiger partial charge in [-0.25, -0.2) is 8.42 Å². The first-order valence-electron chi connectivity index (χ1n) is 5.75. The van der Waals surface area contributed by atoms with E-state index in [2.05, 4.69) is 4.72 Å². The number of nitrogens with two attached hydrogens (primary N) is 1. The lowest BCUT2D eigenvalue weighted by atomic mass is 10.2. The van der Waals surface area contributed by atoms with Crippen molar-refractivity contribution in [2.45, 2.75) is 11.8 Å². The van der Waals surface area contributed by atoms with Crippen molar-refractivity contribution in [3.8, 4) is 0 Å². The molecule has 21 heavy (non-hydrogen) atoms. The van der Waals surface area contributed by atoms with Crippen LogP contribution in [0.25, 0.3) is 0 Å². The van der Waals surface area contributed by atoms with Crippen molar-refractivity contribution >= 4 is 56.2 Å². The molecule has 0 aliphatic rings. The molecule has 0 saturated heterocycles. The Kier molecular flexibility index (Phi) is 4.58. The van der Waals surface area contributed by atoms with E-state index in [0.29, 0.717) is 10.6 Å². The minimum absolute atomic E-state index is 0.0282. The first kappa shape index (κ1) is 16.2. The van der Waals surface area contributed by atoms with Gasteiger partial charge in [-0.1, -0.05) is 40.9 Å². The van der Waals surface area contributed by atoms with E-state index in [1.165, 1.54) is 18.2 Å². The molecule has 3 N–H and O–H groups in total. The monoisotopic (exact) mass is 364 g/mol. The van der Waals surface area contributed by atoms with E-state index in [0.717, 1.165) is 0 Å². The lowest BCUT2D eigenvalue weighted by molar-refractivity contribution is 0.600. The second-order valence-corrected chi connectivity index (χ2v) is 7.19. The lowest BCUT2D eigenvalue weighted by Gasteiger charge is -2.13. The van der Waals surface area contributed by atoms with Crippen LogP contribution in [-0.2, 0) is 10.0 Å². The van der Waals surface area contributed by atoms with E-state index in [9.17, 15) is 8.42 Å². The summed E-state index contributed by atoms with van der Waals surface area (Å²) in [6.07, 6.45) is 0. The van der Waals surface area contributed by atoms with Crippen LogP contribution in [0, 0.1) is 6.92 Å². The summed E-state index contributed by atoms with van der Waals surface area (Å²) in [7, 11) is -3.85. The zero-order valence-corrected chi connectivity index (χ0v) is 13.9. The predicted octanol–water partition coefficient (Wildman–Crippen LogP) is 4.34. The van der Waals surface area contributed by atoms with Gasteiger partial charge in [-0.2, -0.15) is 0 Å². The predicted molar refractivity (Wildman–Crippen MR) is 87.9 cm³/mol. The van der Waals surface area contributed by atoms with Crippen molar-refractivity contribution in [1.29, 1.82) is 0 Å². The molecule has 0 bridgehead atoms. The maximum absolute atomic E-state index is 12.4. The number of nitrogen functional groups attached to an aromatic ring is 1. The molecule has 0 aliphatic carbocycles. The molecule has 0 amide bonds. The normalized spacial score (nSPS) is 11.4. The van der Waals surface area contributed by atoms with Crippen LogP contribution in [-0.4, -0.2) is 8.42 Å². The van der Waals surface area contributed by atoms with Crippen LogP contribution in [0.3, 0.4) is 0 Å². The zero-order chi connectivity index (χ0) is 15.8. The number of nitrogens with one attached hydrogen (secondary N) is 1. The Morgan fingerprint density at radius 1 is 1.10 bits per heavy atom. The smallest absolute Gasteiger partial charge is 0.262 e. The molecule has 0 atom stereocenters. The average molecular weight is 366 g/mol. The molecular formula is C13H11Cl3N2O2S. The standard InChI is InChI=1S/C13H11Cl3N2O2S/c1-7-5-9(15)10(17)6-12(7)21(19,20)18-11-4-2-3-8(14)13(11)16/h2-6,18H,17H2,1H3. The first-order chi connectivity index (χ1) is 9.72. The SMILES string of the molecule is Cc1cc(Cl)c(N)cc1S(=O)(=O)Nc1cccc(Cl)c1Cl. The van der Waals surface area contributed by atoms with Crippen LogP contribution in [0.4, 0.5) is 11.4 Å². The summed E-state index contributed by atoms with van der Waals surface area (Å²) >= 11 is 17.7. The Bertz CT molecular complexity index is 807. The molecule has 0 spiro atoms. The molecule has 112 valence electrons. The molecule has 4 nitrogen and oxygen atoms in total. The molecule has 0 aromatic heterocycles. The number of benzene rings is 2. The Morgan fingerprint density at radius 2 is 1.76 bits per heavy atom. The number of aryl methyl sites for hydroxylation is 1. The fourth-order valence-corrected chi connectivity index (χ4v) is 3.70. The van der Waals surface area contributed by atoms with Gasteiger partial charge in [0.25, 0.3) is 10.0 Å².